The highest BCUT2D eigenvalue weighted by Gasteiger charge is 2.42. The van der Waals surface area contributed by atoms with Crippen molar-refractivity contribution in [1.29, 1.82) is 0 Å². The third-order valence-electron chi connectivity index (χ3n) is 3.02. The van der Waals surface area contributed by atoms with Gasteiger partial charge in [-0.25, -0.2) is 14.7 Å². The highest BCUT2D eigenvalue weighted by molar-refractivity contribution is 6.35. The number of carbonyl (C=O) groups is 3. The standard InChI is InChI=1S/C12H10N4O4/c1-20-11(19)8-13-12(15-14-8)16-9(17)6-4-2-3-5-7(6)10(16)18/h2-5,12,15H,1H3,(H,13,14)/t12-/m1/s1. The maximum Gasteiger partial charge on any atom is 0.374 e. The van der Waals surface area contributed by atoms with Crippen molar-refractivity contribution < 1.29 is 19.1 Å². The van der Waals surface area contributed by atoms with Crippen LogP contribution in [0.3, 0.4) is 0 Å². The molecule has 102 valence electrons. The molecule has 0 radical (unpaired) electrons. The zero-order valence-corrected chi connectivity index (χ0v) is 10.4. The number of amidine groups is 1. The minimum atomic E-state index is -0.975. The largest absolute Gasteiger partial charge is 0.463 e. The van der Waals surface area contributed by atoms with Crippen molar-refractivity contribution in [2.45, 2.75) is 6.29 Å². The molecule has 0 saturated carbocycles. The predicted molar refractivity (Wildman–Crippen MR) is 66.5 cm³/mol. The van der Waals surface area contributed by atoms with Gasteiger partial charge in [0.15, 0.2) is 0 Å². The quantitative estimate of drug-likeness (QED) is 0.543. The first-order chi connectivity index (χ1) is 9.63. The third-order valence-corrected chi connectivity index (χ3v) is 3.02. The van der Waals surface area contributed by atoms with Gasteiger partial charge in [0.25, 0.3) is 11.8 Å². The minimum Gasteiger partial charge on any atom is -0.463 e. The molecule has 0 fully saturated rings. The Morgan fingerprint density at radius 2 is 1.85 bits per heavy atom. The Hall–Kier alpha value is -2.74. The number of aliphatic imine (C=N–C) groups is 1. The molecule has 0 aliphatic carbocycles. The lowest BCUT2D eigenvalue weighted by Gasteiger charge is -2.18. The first-order valence-electron chi connectivity index (χ1n) is 5.78. The monoisotopic (exact) mass is 274 g/mol. The predicted octanol–water partition coefficient (Wildman–Crippen LogP) is -0.755. The van der Waals surface area contributed by atoms with E-state index in [1.54, 1.807) is 24.3 Å². The second-order valence-corrected chi connectivity index (χ2v) is 4.14. The molecule has 2 aliphatic rings. The van der Waals surface area contributed by atoms with Crippen LogP contribution in [0.25, 0.3) is 0 Å². The molecule has 1 aromatic rings. The molecule has 2 heterocycles. The topological polar surface area (TPSA) is 100 Å². The number of carbonyl (C=O) groups excluding carboxylic acids is 3. The van der Waals surface area contributed by atoms with Gasteiger partial charge in [-0.2, -0.15) is 5.43 Å². The molecule has 0 unspecified atom stereocenters. The molecule has 2 amide bonds. The van der Waals surface area contributed by atoms with Crippen molar-refractivity contribution >= 4 is 23.6 Å². The third kappa shape index (κ3) is 1.66. The Morgan fingerprint density at radius 1 is 1.25 bits per heavy atom. The van der Waals surface area contributed by atoms with E-state index in [-0.39, 0.29) is 5.84 Å². The van der Waals surface area contributed by atoms with Gasteiger partial charge in [0, 0.05) is 0 Å². The first-order valence-corrected chi connectivity index (χ1v) is 5.78. The summed E-state index contributed by atoms with van der Waals surface area (Å²) in [5, 5.41) is 0. The van der Waals surface area contributed by atoms with E-state index in [4.69, 9.17) is 0 Å². The maximum absolute atomic E-state index is 12.2. The number of ether oxygens (including phenoxy) is 1. The zero-order valence-electron chi connectivity index (χ0n) is 10.4. The second-order valence-electron chi connectivity index (χ2n) is 4.14. The second kappa shape index (κ2) is 4.42. The Morgan fingerprint density at radius 3 is 2.40 bits per heavy atom. The van der Waals surface area contributed by atoms with Gasteiger partial charge in [0.05, 0.1) is 18.2 Å². The van der Waals surface area contributed by atoms with Crippen LogP contribution in [0.2, 0.25) is 0 Å². The molecule has 0 spiro atoms. The van der Waals surface area contributed by atoms with Crippen molar-refractivity contribution in [3.8, 4) is 0 Å². The molecule has 0 saturated heterocycles. The van der Waals surface area contributed by atoms with E-state index in [0.29, 0.717) is 11.1 Å². The van der Waals surface area contributed by atoms with Gasteiger partial charge in [-0.15, -0.1) is 0 Å². The fourth-order valence-electron chi connectivity index (χ4n) is 2.07. The van der Waals surface area contributed by atoms with Crippen LogP contribution >= 0.6 is 0 Å². The summed E-state index contributed by atoms with van der Waals surface area (Å²) in [5.41, 5.74) is 5.71. The summed E-state index contributed by atoms with van der Waals surface area (Å²) >= 11 is 0. The number of methoxy groups -OCH3 is 1. The molecular formula is C12H10N4O4. The molecule has 0 aromatic heterocycles. The number of amides is 2. The number of nitrogens with zero attached hydrogens (tertiary/aromatic N) is 2. The molecule has 8 heteroatoms. The number of hydrazine groups is 1. The van der Waals surface area contributed by atoms with E-state index in [9.17, 15) is 14.4 Å². The molecule has 8 nitrogen and oxygen atoms in total. The number of rotatable bonds is 2. The number of esters is 1. The van der Waals surface area contributed by atoms with Crippen LogP contribution in [0, 0.1) is 0 Å². The van der Waals surface area contributed by atoms with Crippen LogP contribution in [0.5, 0.6) is 0 Å². The highest BCUT2D eigenvalue weighted by Crippen LogP contribution is 2.24. The van der Waals surface area contributed by atoms with E-state index in [0.717, 1.165) is 4.90 Å². The van der Waals surface area contributed by atoms with E-state index in [2.05, 4.69) is 20.6 Å². The lowest BCUT2D eigenvalue weighted by molar-refractivity contribution is -0.132. The molecule has 1 atom stereocenters. The average Bonchev–Trinajstić information content (AvgIpc) is 3.03. The minimum absolute atomic E-state index is 0.0888. The summed E-state index contributed by atoms with van der Waals surface area (Å²) in [5.74, 6) is -1.69. The van der Waals surface area contributed by atoms with Gasteiger partial charge in [-0.3, -0.25) is 15.0 Å². The van der Waals surface area contributed by atoms with Gasteiger partial charge in [0.1, 0.15) is 0 Å². The van der Waals surface area contributed by atoms with Crippen molar-refractivity contribution in [3.63, 3.8) is 0 Å². The smallest absolute Gasteiger partial charge is 0.374 e. The van der Waals surface area contributed by atoms with E-state index in [1.807, 2.05) is 0 Å². The Labute approximate surface area is 113 Å². The molecule has 1 aromatic carbocycles. The van der Waals surface area contributed by atoms with Gasteiger partial charge in [0.2, 0.25) is 12.1 Å². The molecule has 0 bridgehead atoms. The summed E-state index contributed by atoms with van der Waals surface area (Å²) in [4.78, 5) is 40.6. The van der Waals surface area contributed by atoms with Crippen LogP contribution in [0.1, 0.15) is 20.7 Å². The number of hydrogen-bond donors (Lipinski definition) is 2. The van der Waals surface area contributed by atoms with E-state index in [1.165, 1.54) is 7.11 Å². The molecule has 3 rings (SSSR count). The molecule has 2 aliphatic heterocycles. The highest BCUT2D eigenvalue weighted by atomic mass is 16.5. The summed E-state index contributed by atoms with van der Waals surface area (Å²) in [6.07, 6.45) is -0.975. The number of fused-ring (bicyclic) bond motifs is 1. The van der Waals surface area contributed by atoms with Crippen LogP contribution in [-0.2, 0) is 9.53 Å². The average molecular weight is 274 g/mol. The summed E-state index contributed by atoms with van der Waals surface area (Å²) in [6, 6.07) is 6.50. The lowest BCUT2D eigenvalue weighted by atomic mass is 10.1. The number of nitrogens with one attached hydrogen (secondary N) is 2. The Balaban J connectivity index is 1.91. The first kappa shape index (κ1) is 12.3. The summed E-state index contributed by atoms with van der Waals surface area (Å²) in [6.45, 7) is 0. The normalized spacial score (nSPS) is 20.6. The van der Waals surface area contributed by atoms with Gasteiger partial charge in [-0.05, 0) is 12.1 Å². The summed E-state index contributed by atoms with van der Waals surface area (Å²) in [7, 11) is 1.21. The SMILES string of the molecule is COC(=O)C1=N[C@@H](N2C(=O)c3ccccc3C2=O)NN1. The van der Waals surface area contributed by atoms with Crippen LogP contribution < -0.4 is 10.9 Å². The molecule has 2 N–H and O–H groups in total. The summed E-state index contributed by atoms with van der Waals surface area (Å²) < 4.78 is 4.50. The van der Waals surface area contributed by atoms with Crippen molar-refractivity contribution in [2.75, 3.05) is 7.11 Å². The van der Waals surface area contributed by atoms with Crippen LogP contribution in [0.15, 0.2) is 29.3 Å². The van der Waals surface area contributed by atoms with Crippen molar-refractivity contribution in [2.24, 2.45) is 4.99 Å². The maximum atomic E-state index is 12.2. The van der Waals surface area contributed by atoms with E-state index < -0.39 is 24.1 Å². The van der Waals surface area contributed by atoms with Crippen molar-refractivity contribution in [1.82, 2.24) is 15.8 Å². The Kier molecular flexibility index (Phi) is 2.72. The molecule has 20 heavy (non-hydrogen) atoms. The number of hydrogen-bond acceptors (Lipinski definition) is 7. The fraction of sp³-hybridized carbons (Fsp3) is 0.167. The van der Waals surface area contributed by atoms with Crippen molar-refractivity contribution in [3.05, 3.63) is 35.4 Å². The lowest BCUT2D eigenvalue weighted by Crippen LogP contribution is -2.49. The van der Waals surface area contributed by atoms with E-state index >= 15 is 0 Å². The molecular weight excluding hydrogens is 264 g/mol. The Bertz CT molecular complexity index is 620. The van der Waals surface area contributed by atoms with Crippen LogP contribution in [-0.4, -0.2) is 41.9 Å². The van der Waals surface area contributed by atoms with Crippen LogP contribution in [0.4, 0.5) is 0 Å². The zero-order chi connectivity index (χ0) is 14.3. The van der Waals surface area contributed by atoms with Gasteiger partial charge in [-0.1, -0.05) is 12.1 Å². The fourth-order valence-corrected chi connectivity index (χ4v) is 2.07. The van der Waals surface area contributed by atoms with Gasteiger partial charge >= 0.3 is 5.97 Å². The van der Waals surface area contributed by atoms with Gasteiger partial charge < -0.3 is 4.74 Å². The number of benzene rings is 1. The number of imide groups is 1.